The van der Waals surface area contributed by atoms with Crippen molar-refractivity contribution < 1.29 is 19.4 Å². The van der Waals surface area contributed by atoms with E-state index < -0.39 is 5.60 Å². The van der Waals surface area contributed by atoms with Gasteiger partial charge < -0.3 is 19.9 Å². The zero-order valence-corrected chi connectivity index (χ0v) is 16.2. The summed E-state index contributed by atoms with van der Waals surface area (Å²) < 4.78 is 11.9. The lowest BCUT2D eigenvalue weighted by Crippen LogP contribution is -2.40. The Balaban J connectivity index is 1.51. The largest absolute Gasteiger partial charge is 0.494 e. The molecular weight excluding hydrogens is 362 g/mol. The molecule has 0 aliphatic rings. The summed E-state index contributed by atoms with van der Waals surface area (Å²) in [5, 5.41) is 14.6. The van der Waals surface area contributed by atoms with E-state index in [0.29, 0.717) is 12.4 Å². The molecule has 0 saturated heterocycles. The van der Waals surface area contributed by atoms with Gasteiger partial charge in [0, 0.05) is 9.58 Å². The molecule has 2 aromatic carbocycles. The smallest absolute Gasteiger partial charge is 0.258 e. The van der Waals surface area contributed by atoms with Gasteiger partial charge in [-0.3, -0.25) is 4.79 Å². The summed E-state index contributed by atoms with van der Waals surface area (Å²) in [6.07, 6.45) is 0. The first-order valence-corrected chi connectivity index (χ1v) is 9.63. The van der Waals surface area contributed by atoms with Gasteiger partial charge in [0.2, 0.25) is 0 Å². The van der Waals surface area contributed by atoms with Crippen LogP contribution in [0.4, 0.5) is 0 Å². The average Bonchev–Trinajstić information content (AvgIpc) is 3.11. The minimum Gasteiger partial charge on any atom is -0.494 e. The lowest BCUT2D eigenvalue weighted by Gasteiger charge is -2.22. The third kappa shape index (κ3) is 4.99. The van der Waals surface area contributed by atoms with Crippen molar-refractivity contribution in [1.82, 2.24) is 5.32 Å². The number of aliphatic hydroxyl groups is 1. The van der Waals surface area contributed by atoms with Gasteiger partial charge in [-0.05, 0) is 55.6 Å². The highest BCUT2D eigenvalue weighted by Crippen LogP contribution is 2.32. The molecule has 6 heteroatoms. The summed E-state index contributed by atoms with van der Waals surface area (Å²) in [5.41, 5.74) is -1.14. The van der Waals surface area contributed by atoms with Crippen LogP contribution in [-0.4, -0.2) is 30.8 Å². The number of nitrogens with one attached hydrogen (secondary N) is 1. The second kappa shape index (κ2) is 8.41. The van der Waals surface area contributed by atoms with Crippen LogP contribution >= 0.6 is 11.3 Å². The lowest BCUT2D eigenvalue weighted by molar-refractivity contribution is -0.124. The van der Waals surface area contributed by atoms with Crippen molar-refractivity contribution in [3.8, 4) is 11.5 Å². The molecule has 1 heterocycles. The van der Waals surface area contributed by atoms with Gasteiger partial charge >= 0.3 is 0 Å². The van der Waals surface area contributed by atoms with Crippen molar-refractivity contribution in [3.63, 3.8) is 0 Å². The fraction of sp³-hybridized carbons (Fsp3) is 0.286. The molecule has 1 amide bonds. The first-order valence-electron chi connectivity index (χ1n) is 8.82. The molecule has 1 unspecified atom stereocenters. The number of hydrogen-bond donors (Lipinski definition) is 2. The van der Waals surface area contributed by atoms with Gasteiger partial charge in [-0.1, -0.05) is 18.2 Å². The van der Waals surface area contributed by atoms with Crippen LogP contribution in [0.15, 0.2) is 54.6 Å². The van der Waals surface area contributed by atoms with Gasteiger partial charge in [-0.25, -0.2) is 0 Å². The molecule has 1 aromatic heterocycles. The molecular formula is C21H23NO4S. The Morgan fingerprint density at radius 3 is 2.44 bits per heavy atom. The van der Waals surface area contributed by atoms with Gasteiger partial charge in [-0.2, -0.15) is 0 Å². The van der Waals surface area contributed by atoms with Gasteiger partial charge in [0.1, 0.15) is 17.1 Å². The van der Waals surface area contributed by atoms with Gasteiger partial charge in [-0.15, -0.1) is 11.3 Å². The standard InChI is InChI=1S/C21H23NO4S/c1-3-25-16-8-10-17(11-9-16)26-13-20(23)22-14-21(2,24)19-12-15-6-4-5-7-18(15)27-19/h4-12,24H,3,13-14H2,1-2H3,(H,22,23). The zero-order valence-electron chi connectivity index (χ0n) is 15.4. The molecule has 142 valence electrons. The quantitative estimate of drug-likeness (QED) is 0.620. The SMILES string of the molecule is CCOc1ccc(OCC(=O)NCC(C)(O)c2cc3ccccc3s2)cc1. The van der Waals surface area contributed by atoms with Gasteiger partial charge in [0.25, 0.3) is 5.91 Å². The number of rotatable bonds is 8. The predicted octanol–water partition coefficient (Wildman–Crippen LogP) is 3.70. The maximum atomic E-state index is 12.1. The van der Waals surface area contributed by atoms with Crippen molar-refractivity contribution in [1.29, 1.82) is 0 Å². The molecule has 0 bridgehead atoms. The molecule has 2 N–H and O–H groups in total. The first kappa shape index (κ1) is 19.2. The molecule has 0 aliphatic carbocycles. The summed E-state index contributed by atoms with van der Waals surface area (Å²) in [6, 6.07) is 17.0. The summed E-state index contributed by atoms with van der Waals surface area (Å²) in [7, 11) is 0. The molecule has 1 atom stereocenters. The van der Waals surface area contributed by atoms with E-state index in [9.17, 15) is 9.90 Å². The van der Waals surface area contributed by atoms with Crippen LogP contribution in [0.2, 0.25) is 0 Å². The number of benzene rings is 2. The van der Waals surface area contributed by atoms with Crippen molar-refractivity contribution >= 4 is 27.3 Å². The van der Waals surface area contributed by atoms with Crippen LogP contribution < -0.4 is 14.8 Å². The lowest BCUT2D eigenvalue weighted by atomic mass is 10.0. The molecule has 3 aromatic rings. The van der Waals surface area contributed by atoms with Crippen LogP contribution in [0.3, 0.4) is 0 Å². The molecule has 0 aliphatic heterocycles. The van der Waals surface area contributed by atoms with Crippen LogP contribution in [-0.2, 0) is 10.4 Å². The number of ether oxygens (including phenoxy) is 2. The highest BCUT2D eigenvalue weighted by Gasteiger charge is 2.26. The maximum Gasteiger partial charge on any atom is 0.258 e. The normalized spacial score (nSPS) is 13.1. The van der Waals surface area contributed by atoms with E-state index in [1.807, 2.05) is 37.3 Å². The number of thiophene rings is 1. The Morgan fingerprint density at radius 1 is 1.11 bits per heavy atom. The van der Waals surface area contributed by atoms with E-state index in [0.717, 1.165) is 20.7 Å². The third-order valence-corrected chi connectivity index (χ3v) is 5.46. The second-order valence-electron chi connectivity index (χ2n) is 6.39. The number of fused-ring (bicyclic) bond motifs is 1. The van der Waals surface area contributed by atoms with E-state index in [-0.39, 0.29) is 19.1 Å². The topological polar surface area (TPSA) is 67.8 Å². The molecule has 27 heavy (non-hydrogen) atoms. The first-order chi connectivity index (χ1) is 13.0. The second-order valence-corrected chi connectivity index (χ2v) is 7.48. The Morgan fingerprint density at radius 2 is 1.78 bits per heavy atom. The fourth-order valence-corrected chi connectivity index (χ4v) is 3.71. The van der Waals surface area contributed by atoms with E-state index in [1.54, 1.807) is 31.2 Å². The Kier molecular flexibility index (Phi) is 5.98. The average molecular weight is 385 g/mol. The fourth-order valence-electron chi connectivity index (χ4n) is 2.60. The Bertz CT molecular complexity index is 869. The predicted molar refractivity (Wildman–Crippen MR) is 108 cm³/mol. The van der Waals surface area contributed by atoms with Crippen LogP contribution in [0, 0.1) is 0 Å². The molecule has 3 rings (SSSR count). The summed E-state index contributed by atoms with van der Waals surface area (Å²) in [5.74, 6) is 1.06. The summed E-state index contributed by atoms with van der Waals surface area (Å²) in [6.45, 7) is 4.22. The summed E-state index contributed by atoms with van der Waals surface area (Å²) in [4.78, 5) is 12.9. The number of amides is 1. The molecule has 0 radical (unpaired) electrons. The number of carbonyl (C=O) groups is 1. The minimum absolute atomic E-state index is 0.115. The minimum atomic E-state index is -1.14. The molecule has 0 saturated carbocycles. The van der Waals surface area contributed by atoms with Crippen molar-refractivity contribution in [2.75, 3.05) is 19.8 Å². The molecule has 0 fully saturated rings. The number of carbonyl (C=O) groups excluding carboxylic acids is 1. The van der Waals surface area contributed by atoms with Crippen molar-refractivity contribution in [2.45, 2.75) is 19.4 Å². The van der Waals surface area contributed by atoms with Crippen LogP contribution in [0.1, 0.15) is 18.7 Å². The maximum absolute atomic E-state index is 12.1. The summed E-state index contributed by atoms with van der Waals surface area (Å²) >= 11 is 1.53. The highest BCUT2D eigenvalue weighted by atomic mass is 32.1. The molecule has 5 nitrogen and oxygen atoms in total. The monoisotopic (exact) mass is 385 g/mol. The molecule has 0 spiro atoms. The highest BCUT2D eigenvalue weighted by molar-refractivity contribution is 7.19. The van der Waals surface area contributed by atoms with E-state index in [1.165, 1.54) is 11.3 Å². The third-order valence-electron chi connectivity index (χ3n) is 4.09. The van der Waals surface area contributed by atoms with Crippen molar-refractivity contribution in [2.24, 2.45) is 0 Å². The van der Waals surface area contributed by atoms with Gasteiger partial charge in [0.05, 0.1) is 13.2 Å². The Labute approximate surface area is 162 Å². The van der Waals surface area contributed by atoms with Crippen molar-refractivity contribution in [3.05, 3.63) is 59.5 Å². The van der Waals surface area contributed by atoms with E-state index >= 15 is 0 Å². The Hall–Kier alpha value is -2.57. The van der Waals surface area contributed by atoms with E-state index in [2.05, 4.69) is 5.32 Å². The number of hydrogen-bond acceptors (Lipinski definition) is 5. The zero-order chi connectivity index (χ0) is 19.3. The van der Waals surface area contributed by atoms with E-state index in [4.69, 9.17) is 9.47 Å². The van der Waals surface area contributed by atoms with Crippen LogP contribution in [0.5, 0.6) is 11.5 Å². The van der Waals surface area contributed by atoms with Crippen LogP contribution in [0.25, 0.3) is 10.1 Å². The van der Waals surface area contributed by atoms with Gasteiger partial charge in [0.15, 0.2) is 6.61 Å².